The maximum Gasteiger partial charge on any atom is 0.0534 e. The van der Waals surface area contributed by atoms with Crippen molar-refractivity contribution in [2.75, 3.05) is 13.1 Å². The molecule has 68 valence electrons. The Kier molecular flexibility index (Phi) is 3.80. The van der Waals surface area contributed by atoms with E-state index in [2.05, 4.69) is 30.5 Å². The van der Waals surface area contributed by atoms with Crippen LogP contribution >= 0.6 is 0 Å². The van der Waals surface area contributed by atoms with Gasteiger partial charge in [-0.2, -0.15) is 5.10 Å². The van der Waals surface area contributed by atoms with Gasteiger partial charge < -0.3 is 5.32 Å². The fourth-order valence-electron chi connectivity index (χ4n) is 1.08. The fraction of sp³-hybridized carbons (Fsp3) is 0.667. The molecule has 0 aromatic carbocycles. The van der Waals surface area contributed by atoms with Gasteiger partial charge in [-0.25, -0.2) is 0 Å². The van der Waals surface area contributed by atoms with Crippen LogP contribution in [-0.4, -0.2) is 22.9 Å². The van der Waals surface area contributed by atoms with E-state index < -0.39 is 0 Å². The predicted molar refractivity (Wildman–Crippen MR) is 50.1 cm³/mol. The van der Waals surface area contributed by atoms with Crippen molar-refractivity contribution in [3.63, 3.8) is 0 Å². The lowest BCUT2D eigenvalue weighted by Crippen LogP contribution is -2.20. The molecule has 1 heterocycles. The third-order valence-corrected chi connectivity index (χ3v) is 1.71. The van der Waals surface area contributed by atoms with Crippen LogP contribution in [0.4, 0.5) is 0 Å². The van der Waals surface area contributed by atoms with Gasteiger partial charge in [0.05, 0.1) is 12.7 Å². The minimum atomic E-state index is 0.966. The second-order valence-corrected chi connectivity index (χ2v) is 3.03. The van der Waals surface area contributed by atoms with Gasteiger partial charge in [0.25, 0.3) is 0 Å². The number of hydrogen-bond donors (Lipinski definition) is 1. The lowest BCUT2D eigenvalue weighted by Gasteiger charge is -2.02. The van der Waals surface area contributed by atoms with Crippen LogP contribution < -0.4 is 5.32 Å². The van der Waals surface area contributed by atoms with E-state index in [1.54, 1.807) is 0 Å². The molecule has 0 unspecified atom stereocenters. The van der Waals surface area contributed by atoms with Crippen molar-refractivity contribution in [1.29, 1.82) is 0 Å². The molecule has 0 atom stereocenters. The number of rotatable bonds is 5. The molecule has 1 N–H and O–H groups in total. The van der Waals surface area contributed by atoms with E-state index in [9.17, 15) is 0 Å². The molecule has 0 saturated heterocycles. The molecule has 0 aliphatic heterocycles. The van der Waals surface area contributed by atoms with Crippen LogP contribution in [0.25, 0.3) is 0 Å². The Morgan fingerprint density at radius 2 is 2.33 bits per heavy atom. The highest BCUT2D eigenvalue weighted by atomic mass is 15.3. The summed E-state index contributed by atoms with van der Waals surface area (Å²) < 4.78 is 1.97. The number of hydrogen-bond acceptors (Lipinski definition) is 2. The van der Waals surface area contributed by atoms with Crippen LogP contribution in [0, 0.1) is 6.92 Å². The summed E-state index contributed by atoms with van der Waals surface area (Å²) in [7, 11) is 0. The molecule has 0 saturated carbocycles. The van der Waals surface area contributed by atoms with Gasteiger partial charge in [0.15, 0.2) is 0 Å². The molecule has 0 amide bonds. The van der Waals surface area contributed by atoms with E-state index in [4.69, 9.17) is 0 Å². The molecular weight excluding hydrogens is 150 g/mol. The SMILES string of the molecule is CCCNCCn1cc(C)cn1. The van der Waals surface area contributed by atoms with E-state index in [0.29, 0.717) is 0 Å². The van der Waals surface area contributed by atoms with Gasteiger partial charge >= 0.3 is 0 Å². The van der Waals surface area contributed by atoms with E-state index in [-0.39, 0.29) is 0 Å². The lowest BCUT2D eigenvalue weighted by atomic mass is 10.4. The number of aryl methyl sites for hydroxylation is 1. The summed E-state index contributed by atoms with van der Waals surface area (Å²) in [5, 5.41) is 7.52. The Bertz CT molecular complexity index is 217. The van der Waals surface area contributed by atoms with Crippen molar-refractivity contribution in [3.8, 4) is 0 Å². The third-order valence-electron chi connectivity index (χ3n) is 1.71. The molecule has 0 aliphatic carbocycles. The van der Waals surface area contributed by atoms with Gasteiger partial charge in [0, 0.05) is 12.7 Å². The van der Waals surface area contributed by atoms with Crippen molar-refractivity contribution in [1.82, 2.24) is 15.1 Å². The van der Waals surface area contributed by atoms with Crippen molar-refractivity contribution in [2.24, 2.45) is 0 Å². The molecular formula is C9H17N3. The normalized spacial score (nSPS) is 10.5. The maximum absolute atomic E-state index is 4.19. The van der Waals surface area contributed by atoms with Crippen LogP contribution in [0.3, 0.4) is 0 Å². The molecule has 3 heteroatoms. The largest absolute Gasteiger partial charge is 0.315 e. The summed E-state index contributed by atoms with van der Waals surface area (Å²) in [5.41, 5.74) is 1.23. The summed E-state index contributed by atoms with van der Waals surface area (Å²) >= 11 is 0. The summed E-state index contributed by atoms with van der Waals surface area (Å²) in [6.45, 7) is 7.30. The van der Waals surface area contributed by atoms with E-state index >= 15 is 0 Å². The standard InChI is InChI=1S/C9H17N3/c1-3-4-10-5-6-12-8-9(2)7-11-12/h7-8,10H,3-6H2,1-2H3. The second-order valence-electron chi connectivity index (χ2n) is 3.03. The number of aromatic nitrogens is 2. The minimum Gasteiger partial charge on any atom is -0.315 e. The third kappa shape index (κ3) is 3.05. The first-order valence-electron chi connectivity index (χ1n) is 4.52. The van der Waals surface area contributed by atoms with Gasteiger partial charge in [-0.05, 0) is 25.5 Å². The average Bonchev–Trinajstić information content (AvgIpc) is 2.45. The predicted octanol–water partition coefficient (Wildman–Crippen LogP) is 1.19. The van der Waals surface area contributed by atoms with Crippen LogP contribution in [0.15, 0.2) is 12.4 Å². The molecule has 0 aliphatic rings. The van der Waals surface area contributed by atoms with E-state index in [1.165, 1.54) is 12.0 Å². The molecule has 1 aromatic rings. The highest BCUT2D eigenvalue weighted by molar-refractivity contribution is 4.99. The lowest BCUT2D eigenvalue weighted by molar-refractivity contribution is 0.553. The Balaban J connectivity index is 2.15. The molecule has 0 radical (unpaired) electrons. The summed E-state index contributed by atoms with van der Waals surface area (Å²) in [6.07, 6.45) is 5.14. The molecule has 1 rings (SSSR count). The average molecular weight is 167 g/mol. The van der Waals surface area contributed by atoms with E-state index in [0.717, 1.165) is 19.6 Å². The van der Waals surface area contributed by atoms with Crippen molar-refractivity contribution < 1.29 is 0 Å². The summed E-state index contributed by atoms with van der Waals surface area (Å²) in [5.74, 6) is 0. The Morgan fingerprint density at radius 1 is 1.50 bits per heavy atom. The van der Waals surface area contributed by atoms with Gasteiger partial charge in [-0.3, -0.25) is 4.68 Å². The van der Waals surface area contributed by atoms with Gasteiger partial charge in [0.2, 0.25) is 0 Å². The van der Waals surface area contributed by atoms with Crippen molar-refractivity contribution in [3.05, 3.63) is 18.0 Å². The van der Waals surface area contributed by atoms with Gasteiger partial charge in [-0.1, -0.05) is 6.92 Å². The van der Waals surface area contributed by atoms with Gasteiger partial charge in [0.1, 0.15) is 0 Å². The van der Waals surface area contributed by atoms with Crippen LogP contribution in [0.5, 0.6) is 0 Å². The van der Waals surface area contributed by atoms with Gasteiger partial charge in [-0.15, -0.1) is 0 Å². The highest BCUT2D eigenvalue weighted by Crippen LogP contribution is 1.92. The fourth-order valence-corrected chi connectivity index (χ4v) is 1.08. The maximum atomic E-state index is 4.19. The highest BCUT2D eigenvalue weighted by Gasteiger charge is 1.91. The molecule has 0 fully saturated rings. The first kappa shape index (κ1) is 9.26. The zero-order valence-corrected chi connectivity index (χ0v) is 7.88. The quantitative estimate of drug-likeness (QED) is 0.668. The molecule has 12 heavy (non-hydrogen) atoms. The van der Waals surface area contributed by atoms with Crippen molar-refractivity contribution >= 4 is 0 Å². The minimum absolute atomic E-state index is 0.966. The molecule has 1 aromatic heterocycles. The van der Waals surface area contributed by atoms with E-state index in [1.807, 2.05) is 10.9 Å². The zero-order valence-electron chi connectivity index (χ0n) is 7.88. The smallest absolute Gasteiger partial charge is 0.0534 e. The van der Waals surface area contributed by atoms with Crippen molar-refractivity contribution in [2.45, 2.75) is 26.8 Å². The zero-order chi connectivity index (χ0) is 8.81. The second kappa shape index (κ2) is 4.93. The molecule has 0 bridgehead atoms. The van der Waals surface area contributed by atoms with Crippen LogP contribution in [0.2, 0.25) is 0 Å². The Hall–Kier alpha value is -0.830. The number of nitrogens with one attached hydrogen (secondary N) is 1. The molecule has 3 nitrogen and oxygen atoms in total. The summed E-state index contributed by atoms with van der Waals surface area (Å²) in [4.78, 5) is 0. The summed E-state index contributed by atoms with van der Waals surface area (Å²) in [6, 6.07) is 0. The first-order valence-corrected chi connectivity index (χ1v) is 4.52. The Labute approximate surface area is 73.8 Å². The number of nitrogens with zero attached hydrogens (tertiary/aromatic N) is 2. The molecule has 0 spiro atoms. The topological polar surface area (TPSA) is 29.9 Å². The Morgan fingerprint density at radius 3 is 2.92 bits per heavy atom. The van der Waals surface area contributed by atoms with Crippen LogP contribution in [0.1, 0.15) is 18.9 Å². The monoisotopic (exact) mass is 167 g/mol. The first-order chi connectivity index (χ1) is 5.83. The van der Waals surface area contributed by atoms with Crippen LogP contribution in [-0.2, 0) is 6.54 Å².